The second kappa shape index (κ2) is 5.23. The van der Waals surface area contributed by atoms with Crippen LogP contribution in [0.1, 0.15) is 15.9 Å². The maximum Gasteiger partial charge on any atom is 0.224 e. The third-order valence-corrected chi connectivity index (χ3v) is 5.47. The van der Waals surface area contributed by atoms with E-state index in [0.29, 0.717) is 17.3 Å². The van der Waals surface area contributed by atoms with Gasteiger partial charge in [0, 0.05) is 11.6 Å². The molecule has 7 heteroatoms. The van der Waals surface area contributed by atoms with Crippen molar-refractivity contribution in [2.24, 2.45) is 0 Å². The van der Waals surface area contributed by atoms with Gasteiger partial charge in [0.05, 0.1) is 15.5 Å². The molecule has 22 heavy (non-hydrogen) atoms. The van der Waals surface area contributed by atoms with Crippen molar-refractivity contribution in [3.05, 3.63) is 52.7 Å². The molecule has 0 radical (unpaired) electrons. The number of halogens is 1. The third kappa shape index (κ3) is 2.20. The van der Waals surface area contributed by atoms with E-state index in [1.54, 1.807) is 24.4 Å². The van der Waals surface area contributed by atoms with Gasteiger partial charge in [-0.2, -0.15) is 0 Å². The van der Waals surface area contributed by atoms with Gasteiger partial charge in [0.15, 0.2) is 11.3 Å². The van der Waals surface area contributed by atoms with Crippen LogP contribution in [0.2, 0.25) is 5.02 Å². The van der Waals surface area contributed by atoms with E-state index in [0.717, 1.165) is 5.56 Å². The molecule has 112 valence electrons. The Morgan fingerprint density at radius 2 is 1.86 bits per heavy atom. The lowest BCUT2D eigenvalue weighted by Crippen LogP contribution is -2.09. The van der Waals surface area contributed by atoms with Crippen LogP contribution in [0.3, 0.4) is 0 Å². The van der Waals surface area contributed by atoms with Gasteiger partial charge in [-0.1, -0.05) is 29.3 Å². The highest BCUT2D eigenvalue weighted by Gasteiger charge is 2.26. The van der Waals surface area contributed by atoms with Gasteiger partial charge in [-0.3, -0.25) is 4.79 Å². The number of nitrogens with one attached hydrogen (secondary N) is 1. The molecule has 2 heterocycles. The van der Waals surface area contributed by atoms with Crippen molar-refractivity contribution in [1.29, 1.82) is 0 Å². The quantitative estimate of drug-likeness (QED) is 0.746. The molecule has 0 spiro atoms. The fraction of sp³-hybridized carbons (Fsp3) is 0.0667. The first-order valence-corrected chi connectivity index (χ1v) is 8.25. The number of benzene rings is 1. The highest BCUT2D eigenvalue weighted by atomic mass is 35.5. The molecule has 0 bridgehead atoms. The number of aryl methyl sites for hydroxylation is 1. The maximum absolute atomic E-state index is 12.7. The monoisotopic (exact) mass is 334 g/mol. The molecule has 0 fully saturated rings. The zero-order valence-electron chi connectivity index (χ0n) is 11.5. The molecule has 0 amide bonds. The van der Waals surface area contributed by atoms with Crippen LogP contribution in [0.25, 0.3) is 11.0 Å². The summed E-state index contributed by atoms with van der Waals surface area (Å²) in [4.78, 5) is 18.3. The van der Waals surface area contributed by atoms with Gasteiger partial charge in [-0.15, -0.1) is 0 Å². The Kier molecular flexibility index (Phi) is 3.50. The Bertz CT molecular complexity index is 976. The summed E-state index contributed by atoms with van der Waals surface area (Å²) in [5, 5.41) is 0.241. The molecule has 0 saturated heterocycles. The van der Waals surface area contributed by atoms with E-state index < -0.39 is 9.84 Å². The van der Waals surface area contributed by atoms with E-state index in [4.69, 9.17) is 11.6 Å². The van der Waals surface area contributed by atoms with Gasteiger partial charge in [-0.25, -0.2) is 13.4 Å². The molecular formula is C15H11ClN2O3S. The van der Waals surface area contributed by atoms with Crippen molar-refractivity contribution in [2.75, 3.05) is 0 Å². The van der Waals surface area contributed by atoms with Crippen molar-refractivity contribution in [3.63, 3.8) is 0 Å². The Balaban J connectivity index is 2.32. The molecule has 0 saturated carbocycles. The number of fused-ring (bicyclic) bond motifs is 1. The number of H-pyrrole nitrogens is 1. The molecule has 0 aliphatic carbocycles. The summed E-state index contributed by atoms with van der Waals surface area (Å²) >= 11 is 6.15. The average molecular weight is 335 g/mol. The Morgan fingerprint density at radius 1 is 1.18 bits per heavy atom. The lowest BCUT2D eigenvalue weighted by Gasteiger charge is -2.08. The first-order valence-electron chi connectivity index (χ1n) is 6.38. The molecule has 3 rings (SSSR count). The fourth-order valence-electron chi connectivity index (χ4n) is 2.17. The van der Waals surface area contributed by atoms with Crippen molar-refractivity contribution in [2.45, 2.75) is 16.8 Å². The molecule has 0 aliphatic heterocycles. The number of hydrogen-bond acceptors (Lipinski definition) is 4. The van der Waals surface area contributed by atoms with Crippen molar-refractivity contribution < 1.29 is 13.2 Å². The molecule has 5 nitrogen and oxygen atoms in total. The summed E-state index contributed by atoms with van der Waals surface area (Å²) in [6.45, 7) is 1.85. The number of aromatic nitrogens is 2. The van der Waals surface area contributed by atoms with Crippen molar-refractivity contribution in [3.8, 4) is 0 Å². The topological polar surface area (TPSA) is 79.9 Å². The summed E-state index contributed by atoms with van der Waals surface area (Å²) in [6.07, 6.45) is 2.00. The number of pyridine rings is 1. The Morgan fingerprint density at radius 3 is 2.50 bits per heavy atom. The number of rotatable bonds is 3. The standard InChI is InChI=1S/C15H11ClN2O3S/c1-9-2-4-10(5-3-9)22(20,21)15-12(8-19)13(16)11-6-7-17-14(11)18-15/h2-8H,1H3,(H,17,18). The van der Waals surface area contributed by atoms with E-state index in [2.05, 4.69) is 9.97 Å². The highest BCUT2D eigenvalue weighted by molar-refractivity contribution is 7.91. The lowest BCUT2D eigenvalue weighted by molar-refractivity contribution is 0.112. The lowest BCUT2D eigenvalue weighted by atomic mass is 10.2. The van der Waals surface area contributed by atoms with Crippen molar-refractivity contribution in [1.82, 2.24) is 9.97 Å². The zero-order valence-corrected chi connectivity index (χ0v) is 13.1. The molecule has 0 aliphatic rings. The zero-order chi connectivity index (χ0) is 15.9. The average Bonchev–Trinajstić information content (AvgIpc) is 2.96. The number of sulfone groups is 1. The van der Waals surface area contributed by atoms with E-state index in [-0.39, 0.29) is 20.5 Å². The molecule has 1 N–H and O–H groups in total. The van der Waals surface area contributed by atoms with Gasteiger partial charge in [0.25, 0.3) is 0 Å². The van der Waals surface area contributed by atoms with E-state index >= 15 is 0 Å². The SMILES string of the molecule is Cc1ccc(S(=O)(=O)c2nc3[nH]ccc3c(Cl)c2C=O)cc1. The normalized spacial score (nSPS) is 11.7. The summed E-state index contributed by atoms with van der Waals surface area (Å²) in [5.41, 5.74) is 1.12. The minimum absolute atomic E-state index is 0.0654. The van der Waals surface area contributed by atoms with Gasteiger partial charge >= 0.3 is 0 Å². The Labute approximate surface area is 131 Å². The summed E-state index contributed by atoms with van der Waals surface area (Å²) < 4.78 is 25.5. The van der Waals surface area contributed by atoms with Crippen LogP contribution < -0.4 is 0 Å². The van der Waals surface area contributed by atoms with Crippen LogP contribution in [0.4, 0.5) is 0 Å². The summed E-state index contributed by atoms with van der Waals surface area (Å²) in [5.74, 6) is 0. The fourth-order valence-corrected chi connectivity index (χ4v) is 3.88. The predicted molar refractivity (Wildman–Crippen MR) is 83.1 cm³/mol. The minimum atomic E-state index is -3.94. The van der Waals surface area contributed by atoms with Crippen LogP contribution in [0.5, 0.6) is 0 Å². The largest absolute Gasteiger partial charge is 0.346 e. The number of aromatic amines is 1. The number of carbonyl (C=O) groups excluding carboxylic acids is 1. The summed E-state index contributed by atoms with van der Waals surface area (Å²) in [7, 11) is -3.94. The second-order valence-electron chi connectivity index (χ2n) is 4.82. The number of nitrogens with zero attached hydrogens (tertiary/aromatic N) is 1. The third-order valence-electron chi connectivity index (χ3n) is 3.35. The minimum Gasteiger partial charge on any atom is -0.346 e. The first kappa shape index (κ1) is 14.7. The second-order valence-corrected chi connectivity index (χ2v) is 7.06. The molecule has 1 aromatic carbocycles. The maximum atomic E-state index is 12.7. The Hall–Kier alpha value is -2.18. The predicted octanol–water partition coefficient (Wildman–Crippen LogP) is 3.17. The molecule has 0 atom stereocenters. The number of carbonyl (C=O) groups is 1. The number of aldehydes is 1. The summed E-state index contributed by atoms with van der Waals surface area (Å²) in [6, 6.07) is 7.96. The molecule has 2 aromatic heterocycles. The first-order chi connectivity index (χ1) is 10.4. The highest BCUT2D eigenvalue weighted by Crippen LogP contribution is 2.31. The van der Waals surface area contributed by atoms with E-state index in [1.165, 1.54) is 12.1 Å². The van der Waals surface area contributed by atoms with Crippen LogP contribution >= 0.6 is 11.6 Å². The van der Waals surface area contributed by atoms with Gasteiger partial charge < -0.3 is 4.98 Å². The van der Waals surface area contributed by atoms with Gasteiger partial charge in [-0.05, 0) is 25.1 Å². The molecule has 3 aromatic rings. The van der Waals surface area contributed by atoms with Gasteiger partial charge in [0.2, 0.25) is 9.84 Å². The van der Waals surface area contributed by atoms with Crippen molar-refractivity contribution >= 4 is 38.8 Å². The smallest absolute Gasteiger partial charge is 0.224 e. The van der Waals surface area contributed by atoms with Crippen LogP contribution in [-0.4, -0.2) is 24.7 Å². The molecule has 0 unspecified atom stereocenters. The van der Waals surface area contributed by atoms with Gasteiger partial charge in [0.1, 0.15) is 5.65 Å². The van der Waals surface area contributed by atoms with E-state index in [1.807, 2.05) is 6.92 Å². The van der Waals surface area contributed by atoms with Crippen LogP contribution in [0, 0.1) is 6.92 Å². The number of hydrogen-bond donors (Lipinski definition) is 1. The van der Waals surface area contributed by atoms with E-state index in [9.17, 15) is 13.2 Å². The molecular weight excluding hydrogens is 324 g/mol. The van der Waals surface area contributed by atoms with Crippen LogP contribution in [-0.2, 0) is 9.84 Å². The van der Waals surface area contributed by atoms with Crippen LogP contribution in [0.15, 0.2) is 46.5 Å².